The summed E-state index contributed by atoms with van der Waals surface area (Å²) in [5, 5.41) is 12.0. The van der Waals surface area contributed by atoms with Gasteiger partial charge in [-0.15, -0.1) is 0 Å². The maximum atomic E-state index is 12.5. The number of rotatable bonds is 7. The fourth-order valence-corrected chi connectivity index (χ4v) is 1.85. The molecule has 0 atom stereocenters. The fraction of sp³-hybridized carbons (Fsp3) is 0.312. The molecule has 1 aromatic carbocycles. The lowest BCUT2D eigenvalue weighted by Crippen LogP contribution is -2.36. The topological polar surface area (TPSA) is 118 Å². The Balaban J connectivity index is 2.97. The molecule has 0 saturated heterocycles. The van der Waals surface area contributed by atoms with Crippen LogP contribution in [0.15, 0.2) is 36.0 Å². The van der Waals surface area contributed by atoms with Gasteiger partial charge in [-0.25, -0.2) is 4.90 Å². The molecule has 0 aliphatic heterocycles. The van der Waals surface area contributed by atoms with Gasteiger partial charge in [-0.2, -0.15) is 5.26 Å². The number of methoxy groups -OCH3 is 2. The summed E-state index contributed by atoms with van der Waals surface area (Å²) in [5.74, 6) is -1.26. The van der Waals surface area contributed by atoms with Gasteiger partial charge in [0.2, 0.25) is 5.91 Å². The third-order valence-corrected chi connectivity index (χ3v) is 3.08. The van der Waals surface area contributed by atoms with E-state index in [0.29, 0.717) is 11.4 Å². The smallest absolute Gasteiger partial charge is 0.277 e. The minimum atomic E-state index is -0.742. The molecule has 8 nitrogen and oxygen atoms in total. The lowest BCUT2D eigenvalue weighted by Gasteiger charge is -2.19. The van der Waals surface area contributed by atoms with Crippen LogP contribution in [0.2, 0.25) is 0 Å². The van der Waals surface area contributed by atoms with Crippen molar-refractivity contribution in [1.82, 2.24) is 5.32 Å². The van der Waals surface area contributed by atoms with Crippen molar-refractivity contribution in [2.75, 3.05) is 31.4 Å². The molecule has 1 rings (SSSR count). The first kappa shape index (κ1) is 19.2. The number of amides is 2. The van der Waals surface area contributed by atoms with E-state index in [1.165, 1.54) is 39.5 Å². The third-order valence-electron chi connectivity index (χ3n) is 3.08. The Bertz CT molecular complexity index is 645. The number of hydrogen-bond acceptors (Lipinski definition) is 7. The molecular formula is C16H20N4O4. The first-order valence-corrected chi connectivity index (χ1v) is 7.04. The number of nitrogens with one attached hydrogen (secondary N) is 1. The predicted molar refractivity (Wildman–Crippen MR) is 88.5 cm³/mol. The molecule has 0 fully saturated rings. The Morgan fingerprint density at radius 2 is 1.92 bits per heavy atom. The van der Waals surface area contributed by atoms with Gasteiger partial charge in [0.05, 0.1) is 12.2 Å². The van der Waals surface area contributed by atoms with Crippen molar-refractivity contribution in [1.29, 1.82) is 5.26 Å². The number of nitrogen functional groups attached to an aromatic ring is 1. The molecule has 0 heterocycles. The van der Waals surface area contributed by atoms with E-state index in [4.69, 9.17) is 15.2 Å². The summed E-state index contributed by atoms with van der Waals surface area (Å²) >= 11 is 0. The van der Waals surface area contributed by atoms with Crippen LogP contribution in [0.1, 0.15) is 6.92 Å². The van der Waals surface area contributed by atoms with E-state index in [9.17, 15) is 14.9 Å². The van der Waals surface area contributed by atoms with Crippen LogP contribution in [-0.4, -0.2) is 38.9 Å². The molecule has 0 radical (unpaired) electrons. The van der Waals surface area contributed by atoms with E-state index in [1.807, 2.05) is 0 Å². The van der Waals surface area contributed by atoms with Crippen molar-refractivity contribution in [2.45, 2.75) is 13.2 Å². The van der Waals surface area contributed by atoms with Crippen LogP contribution in [-0.2, 0) is 19.1 Å². The summed E-state index contributed by atoms with van der Waals surface area (Å²) in [4.78, 5) is 25.2. The number of hydrogen-bond donors (Lipinski definition) is 2. The number of benzene rings is 1. The van der Waals surface area contributed by atoms with E-state index < -0.39 is 18.1 Å². The summed E-state index contributed by atoms with van der Waals surface area (Å²) in [6.45, 7) is 1.47. The second-order valence-electron chi connectivity index (χ2n) is 4.73. The zero-order valence-corrected chi connectivity index (χ0v) is 13.8. The number of imide groups is 1. The number of nitriles is 1. The van der Waals surface area contributed by atoms with E-state index in [1.54, 1.807) is 18.2 Å². The van der Waals surface area contributed by atoms with Crippen LogP contribution in [0, 0.1) is 11.3 Å². The molecule has 0 aliphatic carbocycles. The highest BCUT2D eigenvalue weighted by molar-refractivity contribution is 6.21. The van der Waals surface area contributed by atoms with Gasteiger partial charge in [0.1, 0.15) is 11.6 Å². The van der Waals surface area contributed by atoms with Crippen LogP contribution < -0.4 is 16.0 Å². The largest absolute Gasteiger partial charge is 0.399 e. The first-order chi connectivity index (χ1) is 11.4. The number of nitrogens with zero attached hydrogens (tertiary/aromatic N) is 2. The Morgan fingerprint density at radius 1 is 1.33 bits per heavy atom. The zero-order valence-electron chi connectivity index (χ0n) is 13.8. The highest BCUT2D eigenvalue weighted by Gasteiger charge is 2.23. The van der Waals surface area contributed by atoms with Gasteiger partial charge < -0.3 is 20.5 Å². The summed E-state index contributed by atoms with van der Waals surface area (Å²) in [5.41, 5.74) is 6.20. The molecule has 0 unspecified atom stereocenters. The van der Waals surface area contributed by atoms with Crippen LogP contribution >= 0.6 is 0 Å². The molecule has 0 aliphatic rings. The molecule has 0 spiro atoms. The number of anilines is 2. The van der Waals surface area contributed by atoms with E-state index in [-0.39, 0.29) is 12.1 Å². The van der Waals surface area contributed by atoms with Gasteiger partial charge in [0, 0.05) is 33.0 Å². The minimum Gasteiger partial charge on any atom is -0.399 e. The van der Waals surface area contributed by atoms with E-state index in [0.717, 1.165) is 4.90 Å². The molecule has 3 N–H and O–H groups in total. The van der Waals surface area contributed by atoms with Crippen molar-refractivity contribution < 1.29 is 19.1 Å². The predicted octanol–water partition coefficient (Wildman–Crippen LogP) is 0.764. The molecule has 128 valence electrons. The third kappa shape index (κ3) is 5.08. The lowest BCUT2D eigenvalue weighted by atomic mass is 10.2. The van der Waals surface area contributed by atoms with Crippen LogP contribution in [0.4, 0.5) is 11.4 Å². The van der Waals surface area contributed by atoms with Crippen LogP contribution in [0.3, 0.4) is 0 Å². The Morgan fingerprint density at radius 3 is 2.38 bits per heavy atom. The molecule has 0 bridgehead atoms. The second kappa shape index (κ2) is 9.29. The molecule has 24 heavy (non-hydrogen) atoms. The monoisotopic (exact) mass is 332 g/mol. The van der Waals surface area contributed by atoms with Crippen molar-refractivity contribution >= 4 is 23.2 Å². The standard InChI is InChI=1S/C16H20N4O4/c1-11(21)20(14-6-4-13(18)5-7-14)16(22)12(8-17)9-19-10-15(23-2)24-3/h4-7,9,15,19H,10,18H2,1-3H3/b12-9-. The first-order valence-electron chi connectivity index (χ1n) is 7.04. The van der Waals surface area contributed by atoms with Crippen molar-refractivity contribution in [3.63, 3.8) is 0 Å². The minimum absolute atomic E-state index is 0.229. The number of ether oxygens (including phenoxy) is 2. The summed E-state index contributed by atoms with van der Waals surface area (Å²) in [6.07, 6.45) is 0.693. The molecule has 0 saturated carbocycles. The van der Waals surface area contributed by atoms with Gasteiger partial charge in [-0.1, -0.05) is 0 Å². The highest BCUT2D eigenvalue weighted by Crippen LogP contribution is 2.18. The van der Waals surface area contributed by atoms with Crippen LogP contribution in [0.25, 0.3) is 0 Å². The maximum absolute atomic E-state index is 12.5. The molecular weight excluding hydrogens is 312 g/mol. The normalized spacial score (nSPS) is 11.0. The Hall–Kier alpha value is -2.89. The average Bonchev–Trinajstić information content (AvgIpc) is 2.56. The fourth-order valence-electron chi connectivity index (χ4n) is 1.85. The van der Waals surface area contributed by atoms with Gasteiger partial charge >= 0.3 is 0 Å². The number of carbonyl (C=O) groups is 2. The van der Waals surface area contributed by atoms with Crippen molar-refractivity contribution in [3.8, 4) is 6.07 Å². The van der Waals surface area contributed by atoms with Crippen molar-refractivity contribution in [3.05, 3.63) is 36.0 Å². The Labute approximate surface area is 140 Å². The quantitative estimate of drug-likeness (QED) is 0.327. The van der Waals surface area contributed by atoms with E-state index in [2.05, 4.69) is 5.32 Å². The van der Waals surface area contributed by atoms with Crippen LogP contribution in [0.5, 0.6) is 0 Å². The van der Waals surface area contributed by atoms with Gasteiger partial charge in [0.25, 0.3) is 5.91 Å². The highest BCUT2D eigenvalue weighted by atomic mass is 16.7. The lowest BCUT2D eigenvalue weighted by molar-refractivity contribution is -0.123. The number of carbonyl (C=O) groups excluding carboxylic acids is 2. The number of nitrogens with two attached hydrogens (primary N) is 1. The molecule has 0 aromatic heterocycles. The average molecular weight is 332 g/mol. The molecule has 8 heteroatoms. The van der Waals surface area contributed by atoms with Gasteiger partial charge in [-0.05, 0) is 24.3 Å². The summed E-state index contributed by atoms with van der Waals surface area (Å²) in [7, 11) is 2.93. The summed E-state index contributed by atoms with van der Waals surface area (Å²) in [6, 6.07) is 7.97. The molecule has 1 aromatic rings. The Kier molecular flexibility index (Phi) is 7.42. The molecule has 2 amide bonds. The zero-order chi connectivity index (χ0) is 18.1. The second-order valence-corrected chi connectivity index (χ2v) is 4.73. The SMILES string of the molecule is COC(CN/C=C(/C#N)C(=O)N(C(C)=O)c1ccc(N)cc1)OC. The summed E-state index contributed by atoms with van der Waals surface area (Å²) < 4.78 is 9.97. The van der Waals surface area contributed by atoms with Gasteiger partial charge in [-0.3, -0.25) is 9.59 Å². The van der Waals surface area contributed by atoms with E-state index >= 15 is 0 Å². The maximum Gasteiger partial charge on any atom is 0.277 e. The van der Waals surface area contributed by atoms with Gasteiger partial charge in [0.15, 0.2) is 6.29 Å². The van der Waals surface area contributed by atoms with Crippen molar-refractivity contribution in [2.24, 2.45) is 0 Å².